The Balaban J connectivity index is 4.21. The molecule has 41 heavy (non-hydrogen) atoms. The topological polar surface area (TPSA) is 94.9 Å². The van der Waals surface area contributed by atoms with E-state index in [1.165, 1.54) is 127 Å². The molecule has 0 saturated carbocycles. The summed E-state index contributed by atoms with van der Waals surface area (Å²) in [5, 5.41) is 18.9. The summed E-state index contributed by atoms with van der Waals surface area (Å²) < 4.78 is 0. The van der Waals surface area contributed by atoms with Crippen LogP contribution in [0.2, 0.25) is 0 Å². The first kappa shape index (κ1) is 39.4. The van der Waals surface area contributed by atoms with Gasteiger partial charge in [0.05, 0.1) is 0 Å². The highest BCUT2D eigenvalue weighted by Gasteiger charge is 2.29. The first-order valence-electron chi connectivity index (χ1n) is 17.7. The number of carboxylic acid groups (broad SMARTS) is 2. The number of amides is 1. The Hall–Kier alpha value is -1.59. The Kier molecular flexibility index (Phi) is 28.7. The Morgan fingerprint density at radius 2 is 0.829 bits per heavy atom. The van der Waals surface area contributed by atoms with Crippen LogP contribution in [0.25, 0.3) is 0 Å². The maximum absolute atomic E-state index is 13.0. The highest BCUT2D eigenvalue weighted by atomic mass is 16.4. The molecule has 0 rings (SSSR count). The number of carboxylic acids is 2. The summed E-state index contributed by atoms with van der Waals surface area (Å²) in [7, 11) is 0. The van der Waals surface area contributed by atoms with E-state index in [9.17, 15) is 19.5 Å². The fourth-order valence-corrected chi connectivity index (χ4v) is 5.69. The molecule has 1 amide bonds. The van der Waals surface area contributed by atoms with Gasteiger partial charge in [-0.15, -0.1) is 0 Å². The molecule has 0 aliphatic heterocycles. The van der Waals surface area contributed by atoms with Gasteiger partial charge in [0, 0.05) is 19.4 Å². The van der Waals surface area contributed by atoms with E-state index >= 15 is 0 Å². The molecule has 0 saturated heterocycles. The predicted molar refractivity (Wildman–Crippen MR) is 171 cm³/mol. The smallest absolute Gasteiger partial charge is 0.326 e. The second-order valence-electron chi connectivity index (χ2n) is 12.3. The van der Waals surface area contributed by atoms with Crippen molar-refractivity contribution >= 4 is 17.8 Å². The molecule has 0 bridgehead atoms. The van der Waals surface area contributed by atoms with Gasteiger partial charge in [0.25, 0.3) is 0 Å². The number of carbonyl (C=O) groups is 3. The zero-order valence-electron chi connectivity index (χ0n) is 27.1. The van der Waals surface area contributed by atoms with Crippen LogP contribution in [0.4, 0.5) is 0 Å². The predicted octanol–water partition coefficient (Wildman–Crippen LogP) is 10.3. The van der Waals surface area contributed by atoms with E-state index in [1.807, 2.05) is 0 Å². The van der Waals surface area contributed by atoms with Gasteiger partial charge in [0.15, 0.2) is 0 Å². The molecule has 1 atom stereocenters. The summed E-state index contributed by atoms with van der Waals surface area (Å²) in [5.74, 6) is -2.25. The van der Waals surface area contributed by atoms with Crippen LogP contribution in [0, 0.1) is 0 Å². The zero-order valence-corrected chi connectivity index (χ0v) is 27.1. The monoisotopic (exact) mass is 582 g/mol. The number of rotatable bonds is 32. The normalized spacial score (nSPS) is 12.0. The molecule has 0 fully saturated rings. The molecule has 0 aromatic carbocycles. The van der Waals surface area contributed by atoms with Gasteiger partial charge < -0.3 is 15.1 Å². The highest BCUT2D eigenvalue weighted by molar-refractivity contribution is 5.84. The molecule has 0 heterocycles. The van der Waals surface area contributed by atoms with Crippen molar-refractivity contribution in [1.29, 1.82) is 0 Å². The van der Waals surface area contributed by atoms with E-state index < -0.39 is 18.0 Å². The number of unbranched alkanes of at least 4 members (excludes halogenated alkanes) is 23. The van der Waals surface area contributed by atoms with Crippen LogP contribution in [-0.4, -0.2) is 45.5 Å². The molecule has 242 valence electrons. The summed E-state index contributed by atoms with van der Waals surface area (Å²) in [6, 6.07) is -1.05. The number of carbonyl (C=O) groups excluding carboxylic acids is 1. The molecule has 0 aliphatic carbocycles. The lowest BCUT2D eigenvalue weighted by atomic mass is 10.0. The van der Waals surface area contributed by atoms with E-state index in [0.717, 1.165) is 38.5 Å². The minimum absolute atomic E-state index is 0.0347. The second kappa shape index (κ2) is 29.9. The van der Waals surface area contributed by atoms with Gasteiger partial charge >= 0.3 is 11.9 Å². The number of nitrogens with zero attached hydrogens (tertiary/aromatic N) is 1. The van der Waals surface area contributed by atoms with E-state index in [1.54, 1.807) is 0 Å². The first-order valence-corrected chi connectivity index (χ1v) is 17.7. The lowest BCUT2D eigenvalue weighted by Gasteiger charge is -2.29. The number of hydrogen-bond acceptors (Lipinski definition) is 3. The van der Waals surface area contributed by atoms with Gasteiger partial charge in [-0.25, -0.2) is 4.79 Å². The molecule has 0 aliphatic rings. The average Bonchev–Trinajstić information content (AvgIpc) is 2.94. The lowest BCUT2D eigenvalue weighted by molar-refractivity contribution is -0.151. The largest absolute Gasteiger partial charge is 0.481 e. The molecule has 6 nitrogen and oxygen atoms in total. The molecule has 0 aromatic heterocycles. The third-order valence-corrected chi connectivity index (χ3v) is 8.36. The number of aliphatic carboxylic acids is 2. The molecule has 0 aromatic rings. The minimum Gasteiger partial charge on any atom is -0.481 e. The lowest BCUT2D eigenvalue weighted by Crippen LogP contribution is -2.45. The number of hydrogen-bond donors (Lipinski definition) is 2. The van der Waals surface area contributed by atoms with Crippen LogP contribution in [-0.2, 0) is 14.4 Å². The first-order chi connectivity index (χ1) is 19.9. The van der Waals surface area contributed by atoms with Crippen LogP contribution in [0.3, 0.4) is 0 Å². The van der Waals surface area contributed by atoms with E-state index in [0.29, 0.717) is 13.0 Å². The van der Waals surface area contributed by atoms with Gasteiger partial charge in [-0.3, -0.25) is 9.59 Å². The SMILES string of the molecule is CCCCCCCCCCCCCCCCCCN(C(=O)CCCCCCCCCCC)[C@@H](CCC(=O)O)C(=O)O. The van der Waals surface area contributed by atoms with Crippen molar-refractivity contribution in [2.24, 2.45) is 0 Å². The highest BCUT2D eigenvalue weighted by Crippen LogP contribution is 2.17. The third kappa shape index (κ3) is 25.8. The molecule has 0 spiro atoms. The summed E-state index contributed by atoms with van der Waals surface area (Å²) in [6.07, 6.45) is 30.8. The minimum atomic E-state index is -1.09. The second-order valence-corrected chi connectivity index (χ2v) is 12.3. The van der Waals surface area contributed by atoms with Crippen molar-refractivity contribution in [2.45, 2.75) is 200 Å². The van der Waals surface area contributed by atoms with Crippen molar-refractivity contribution in [3.05, 3.63) is 0 Å². The fraction of sp³-hybridized carbons (Fsp3) is 0.914. The summed E-state index contributed by atoms with van der Waals surface area (Å²) >= 11 is 0. The maximum Gasteiger partial charge on any atom is 0.326 e. The molecule has 2 N–H and O–H groups in total. The quantitative estimate of drug-likeness (QED) is 0.0771. The molecule has 0 unspecified atom stereocenters. The van der Waals surface area contributed by atoms with Crippen LogP contribution in [0.1, 0.15) is 194 Å². The van der Waals surface area contributed by atoms with Gasteiger partial charge in [-0.2, -0.15) is 0 Å². The van der Waals surface area contributed by atoms with Gasteiger partial charge in [0.2, 0.25) is 5.91 Å². The Bertz CT molecular complexity index is 624. The Labute approximate surface area is 253 Å². The van der Waals surface area contributed by atoms with Crippen LogP contribution in [0.15, 0.2) is 0 Å². The Morgan fingerprint density at radius 3 is 1.17 bits per heavy atom. The van der Waals surface area contributed by atoms with Crippen LogP contribution < -0.4 is 0 Å². The summed E-state index contributed by atoms with van der Waals surface area (Å²) in [4.78, 5) is 37.6. The van der Waals surface area contributed by atoms with Crippen molar-refractivity contribution in [3.63, 3.8) is 0 Å². The van der Waals surface area contributed by atoms with E-state index in [2.05, 4.69) is 13.8 Å². The van der Waals surface area contributed by atoms with Crippen LogP contribution in [0.5, 0.6) is 0 Å². The maximum atomic E-state index is 13.0. The molecule has 0 radical (unpaired) electrons. The van der Waals surface area contributed by atoms with Gasteiger partial charge in [0.1, 0.15) is 6.04 Å². The van der Waals surface area contributed by atoms with Crippen molar-refractivity contribution in [2.75, 3.05) is 6.54 Å². The summed E-state index contributed by atoms with van der Waals surface area (Å²) in [6.45, 7) is 4.89. The molecular weight excluding hydrogens is 514 g/mol. The molecule has 6 heteroatoms. The average molecular weight is 582 g/mol. The molecular formula is C35H67NO5. The van der Waals surface area contributed by atoms with E-state index in [4.69, 9.17) is 5.11 Å². The van der Waals surface area contributed by atoms with Gasteiger partial charge in [-0.1, -0.05) is 162 Å². The van der Waals surface area contributed by atoms with Gasteiger partial charge in [-0.05, 0) is 19.3 Å². The third-order valence-electron chi connectivity index (χ3n) is 8.36. The van der Waals surface area contributed by atoms with Crippen molar-refractivity contribution in [3.8, 4) is 0 Å². The summed E-state index contributed by atoms with van der Waals surface area (Å²) in [5.41, 5.74) is 0. The zero-order chi connectivity index (χ0) is 30.4. The van der Waals surface area contributed by atoms with Crippen molar-refractivity contribution < 1.29 is 24.6 Å². The van der Waals surface area contributed by atoms with Crippen LogP contribution >= 0.6 is 0 Å². The Morgan fingerprint density at radius 1 is 0.488 bits per heavy atom. The fourth-order valence-electron chi connectivity index (χ4n) is 5.69. The van der Waals surface area contributed by atoms with Crippen molar-refractivity contribution in [1.82, 2.24) is 4.90 Å². The standard InChI is InChI=1S/C35H67NO5/c1-3-5-7-9-11-13-14-15-16-17-18-19-21-23-25-27-31-36(32(35(40)41)29-30-34(38)39)33(37)28-26-24-22-20-12-10-8-6-4-2/h32H,3-31H2,1-2H3,(H,38,39)(H,40,41)/t32-/m0/s1. The van der Waals surface area contributed by atoms with E-state index in [-0.39, 0.29) is 18.7 Å².